The standard InChI is InChI=1S/C11H18N2O4/c1-2-4-12-5-3-10(15)13(11(12)16)6-8-17-9-7-14/h3,5,14H,2,4,6-9H2,1H3. The molecule has 1 aromatic rings. The Balaban J connectivity index is 2.79. The van der Waals surface area contributed by atoms with Gasteiger partial charge in [0.1, 0.15) is 0 Å². The van der Waals surface area contributed by atoms with Gasteiger partial charge in [0.2, 0.25) is 0 Å². The van der Waals surface area contributed by atoms with Gasteiger partial charge in [0.15, 0.2) is 0 Å². The van der Waals surface area contributed by atoms with Gasteiger partial charge in [-0.3, -0.25) is 9.36 Å². The molecular weight excluding hydrogens is 224 g/mol. The molecule has 0 saturated heterocycles. The maximum atomic E-state index is 11.9. The molecular formula is C11H18N2O4. The van der Waals surface area contributed by atoms with Gasteiger partial charge in [-0.15, -0.1) is 0 Å². The fourth-order valence-corrected chi connectivity index (χ4v) is 1.50. The van der Waals surface area contributed by atoms with Crippen LogP contribution < -0.4 is 11.2 Å². The van der Waals surface area contributed by atoms with Gasteiger partial charge < -0.3 is 14.4 Å². The number of aromatic nitrogens is 2. The lowest BCUT2D eigenvalue weighted by atomic mass is 10.4. The average Bonchev–Trinajstić information content (AvgIpc) is 2.32. The van der Waals surface area contributed by atoms with Gasteiger partial charge in [-0.05, 0) is 6.42 Å². The largest absolute Gasteiger partial charge is 0.394 e. The van der Waals surface area contributed by atoms with Crippen LogP contribution in [0.4, 0.5) is 0 Å². The second kappa shape index (κ2) is 7.03. The minimum Gasteiger partial charge on any atom is -0.394 e. The zero-order valence-electron chi connectivity index (χ0n) is 9.96. The van der Waals surface area contributed by atoms with Crippen LogP contribution in [0.5, 0.6) is 0 Å². The third kappa shape index (κ3) is 3.83. The number of nitrogens with zero attached hydrogens (tertiary/aromatic N) is 2. The highest BCUT2D eigenvalue weighted by molar-refractivity contribution is 4.86. The first-order valence-corrected chi connectivity index (χ1v) is 5.69. The van der Waals surface area contributed by atoms with Gasteiger partial charge in [-0.1, -0.05) is 6.92 Å². The Labute approximate surface area is 99.1 Å². The maximum absolute atomic E-state index is 11.9. The third-order valence-electron chi connectivity index (χ3n) is 2.30. The fourth-order valence-electron chi connectivity index (χ4n) is 1.50. The molecule has 1 aromatic heterocycles. The highest BCUT2D eigenvalue weighted by Gasteiger charge is 2.04. The summed E-state index contributed by atoms with van der Waals surface area (Å²) in [4.78, 5) is 23.4. The van der Waals surface area contributed by atoms with Crippen LogP contribution in [0.3, 0.4) is 0 Å². The molecule has 0 amide bonds. The van der Waals surface area contributed by atoms with Gasteiger partial charge in [-0.25, -0.2) is 4.79 Å². The van der Waals surface area contributed by atoms with E-state index in [0.29, 0.717) is 6.54 Å². The van der Waals surface area contributed by atoms with Crippen molar-refractivity contribution >= 4 is 0 Å². The van der Waals surface area contributed by atoms with Gasteiger partial charge in [0.05, 0.1) is 26.4 Å². The van der Waals surface area contributed by atoms with Crippen LogP contribution in [-0.4, -0.2) is 34.1 Å². The van der Waals surface area contributed by atoms with Crippen molar-refractivity contribution in [3.63, 3.8) is 0 Å². The predicted molar refractivity (Wildman–Crippen MR) is 63.2 cm³/mol. The monoisotopic (exact) mass is 242 g/mol. The van der Waals surface area contributed by atoms with Crippen molar-refractivity contribution in [1.82, 2.24) is 9.13 Å². The molecule has 0 spiro atoms. The SMILES string of the molecule is CCCn1ccc(=O)n(CCOCCO)c1=O. The zero-order chi connectivity index (χ0) is 12.7. The summed E-state index contributed by atoms with van der Waals surface area (Å²) in [5, 5.41) is 8.53. The summed E-state index contributed by atoms with van der Waals surface area (Å²) in [5.74, 6) is 0. The number of rotatable bonds is 7. The smallest absolute Gasteiger partial charge is 0.331 e. The first kappa shape index (κ1) is 13.7. The topological polar surface area (TPSA) is 73.5 Å². The Morgan fingerprint density at radius 1 is 1.29 bits per heavy atom. The van der Waals surface area contributed by atoms with Crippen molar-refractivity contribution in [2.24, 2.45) is 0 Å². The quantitative estimate of drug-likeness (QED) is 0.650. The number of aryl methyl sites for hydroxylation is 1. The number of hydrogen-bond donors (Lipinski definition) is 1. The Kier molecular flexibility index (Phi) is 5.65. The van der Waals surface area contributed by atoms with Gasteiger partial charge in [0, 0.05) is 18.8 Å². The highest BCUT2D eigenvalue weighted by atomic mass is 16.5. The molecule has 0 aliphatic heterocycles. The minimum absolute atomic E-state index is 0.0657. The number of aliphatic hydroxyl groups is 1. The molecule has 1 rings (SSSR count). The highest BCUT2D eigenvalue weighted by Crippen LogP contribution is 1.84. The van der Waals surface area contributed by atoms with E-state index in [1.54, 1.807) is 0 Å². The summed E-state index contributed by atoms with van der Waals surface area (Å²) in [5.41, 5.74) is -0.637. The van der Waals surface area contributed by atoms with Crippen molar-refractivity contribution in [3.8, 4) is 0 Å². The van der Waals surface area contributed by atoms with Crippen LogP contribution in [0.1, 0.15) is 13.3 Å². The zero-order valence-corrected chi connectivity index (χ0v) is 9.96. The molecule has 0 aliphatic rings. The predicted octanol–water partition coefficient (Wildman–Crippen LogP) is -0.571. The van der Waals surface area contributed by atoms with Crippen LogP contribution in [0, 0.1) is 0 Å². The summed E-state index contributed by atoms with van der Waals surface area (Å²) >= 11 is 0. The lowest BCUT2D eigenvalue weighted by Gasteiger charge is -2.08. The van der Waals surface area contributed by atoms with E-state index in [9.17, 15) is 9.59 Å². The third-order valence-corrected chi connectivity index (χ3v) is 2.30. The summed E-state index contributed by atoms with van der Waals surface area (Å²) in [6.45, 7) is 3.16. The van der Waals surface area contributed by atoms with E-state index in [4.69, 9.17) is 9.84 Å². The molecule has 0 saturated carbocycles. The minimum atomic E-state index is -0.324. The maximum Gasteiger partial charge on any atom is 0.331 e. The Morgan fingerprint density at radius 2 is 2.06 bits per heavy atom. The first-order valence-electron chi connectivity index (χ1n) is 5.69. The molecule has 96 valence electrons. The molecule has 0 unspecified atom stereocenters. The molecule has 0 aliphatic carbocycles. The molecule has 17 heavy (non-hydrogen) atoms. The van der Waals surface area contributed by atoms with E-state index in [-0.39, 0.29) is 37.6 Å². The van der Waals surface area contributed by atoms with Crippen LogP contribution in [-0.2, 0) is 17.8 Å². The molecule has 0 atom stereocenters. The summed E-state index contributed by atoms with van der Waals surface area (Å²) in [6.07, 6.45) is 2.35. The molecule has 1 N–H and O–H groups in total. The van der Waals surface area contributed by atoms with E-state index < -0.39 is 0 Å². The van der Waals surface area contributed by atoms with Crippen LogP contribution >= 0.6 is 0 Å². The fraction of sp³-hybridized carbons (Fsp3) is 0.636. The van der Waals surface area contributed by atoms with Crippen molar-refractivity contribution in [2.75, 3.05) is 19.8 Å². The molecule has 0 fully saturated rings. The van der Waals surface area contributed by atoms with E-state index in [2.05, 4.69) is 0 Å². The number of aliphatic hydroxyl groups excluding tert-OH is 1. The van der Waals surface area contributed by atoms with Crippen LogP contribution in [0.25, 0.3) is 0 Å². The van der Waals surface area contributed by atoms with E-state index in [1.165, 1.54) is 16.8 Å². The van der Waals surface area contributed by atoms with E-state index in [1.807, 2.05) is 6.92 Å². The average molecular weight is 242 g/mol. The lowest BCUT2D eigenvalue weighted by molar-refractivity contribution is 0.0857. The van der Waals surface area contributed by atoms with Crippen molar-refractivity contribution < 1.29 is 9.84 Å². The molecule has 1 heterocycles. The Morgan fingerprint density at radius 3 is 2.71 bits per heavy atom. The molecule has 6 nitrogen and oxygen atoms in total. The van der Waals surface area contributed by atoms with Gasteiger partial charge in [-0.2, -0.15) is 0 Å². The summed E-state index contributed by atoms with van der Waals surface area (Å²) in [6, 6.07) is 1.38. The normalized spacial score (nSPS) is 10.7. The van der Waals surface area contributed by atoms with E-state index >= 15 is 0 Å². The number of ether oxygens (including phenoxy) is 1. The second-order valence-corrected chi connectivity index (χ2v) is 3.62. The first-order chi connectivity index (χ1) is 8.20. The lowest BCUT2D eigenvalue weighted by Crippen LogP contribution is -2.40. The van der Waals surface area contributed by atoms with Crippen LogP contribution in [0.15, 0.2) is 21.9 Å². The molecule has 0 aromatic carbocycles. The number of hydrogen-bond acceptors (Lipinski definition) is 4. The second-order valence-electron chi connectivity index (χ2n) is 3.62. The van der Waals surface area contributed by atoms with Crippen molar-refractivity contribution in [2.45, 2.75) is 26.4 Å². The van der Waals surface area contributed by atoms with Gasteiger partial charge in [0.25, 0.3) is 5.56 Å². The molecule has 0 bridgehead atoms. The molecule has 0 radical (unpaired) electrons. The van der Waals surface area contributed by atoms with Crippen molar-refractivity contribution in [3.05, 3.63) is 33.1 Å². The Hall–Kier alpha value is -1.40. The van der Waals surface area contributed by atoms with Crippen LogP contribution in [0.2, 0.25) is 0 Å². The Bertz CT molecular complexity index is 450. The van der Waals surface area contributed by atoms with E-state index in [0.717, 1.165) is 11.0 Å². The molecule has 6 heteroatoms. The summed E-state index contributed by atoms with van der Waals surface area (Å²) < 4.78 is 7.69. The van der Waals surface area contributed by atoms with Crippen molar-refractivity contribution in [1.29, 1.82) is 0 Å². The summed E-state index contributed by atoms with van der Waals surface area (Å²) in [7, 11) is 0. The van der Waals surface area contributed by atoms with Gasteiger partial charge >= 0.3 is 5.69 Å².